The van der Waals surface area contributed by atoms with Crippen LogP contribution in [0, 0.1) is 0 Å². The zero-order valence-electron chi connectivity index (χ0n) is 16.8. The molecular weight excluding hydrogens is 400 g/mol. The van der Waals surface area contributed by atoms with Crippen LogP contribution >= 0.6 is 11.6 Å². The first-order chi connectivity index (χ1) is 14.7. The maximum atomic E-state index is 12.5. The highest BCUT2D eigenvalue weighted by Gasteiger charge is 2.12. The number of halogens is 1. The fourth-order valence-electron chi connectivity index (χ4n) is 3.52. The smallest absolute Gasteiger partial charge is 0.276 e. The summed E-state index contributed by atoms with van der Waals surface area (Å²) >= 11 is 6.08. The number of hydrogen-bond donors (Lipinski definition) is 1. The van der Waals surface area contributed by atoms with Crippen molar-refractivity contribution in [3.05, 3.63) is 77.1 Å². The maximum Gasteiger partial charge on any atom is 0.276 e. The molecule has 2 heterocycles. The van der Waals surface area contributed by atoms with Crippen molar-refractivity contribution < 1.29 is 9.53 Å². The molecule has 1 saturated heterocycles. The molecule has 0 atom stereocenters. The summed E-state index contributed by atoms with van der Waals surface area (Å²) in [7, 11) is 0. The number of para-hydroxylation sites is 1. The van der Waals surface area contributed by atoms with Gasteiger partial charge in [-0.1, -0.05) is 42.3 Å². The molecule has 1 aliphatic heterocycles. The Morgan fingerprint density at radius 2 is 1.80 bits per heavy atom. The van der Waals surface area contributed by atoms with Gasteiger partial charge in [-0.2, -0.15) is 5.10 Å². The molecule has 30 heavy (non-hydrogen) atoms. The molecule has 1 N–H and O–H groups in total. The number of nitrogens with one attached hydrogen (secondary N) is 1. The Bertz CT molecular complexity index is 981. The number of aromatic nitrogens is 2. The lowest BCUT2D eigenvalue weighted by atomic mass is 10.1. The largest absolute Gasteiger partial charge is 0.470 e. The SMILES string of the molecule is O=C(Nc1ccc(CN2CCCCC2)cc1)c1ccn(COc2ccccc2Cl)n1. The van der Waals surface area contributed by atoms with Crippen LogP contribution in [0.3, 0.4) is 0 Å². The van der Waals surface area contributed by atoms with E-state index in [-0.39, 0.29) is 12.6 Å². The van der Waals surface area contributed by atoms with Crippen LogP contribution in [0.25, 0.3) is 0 Å². The number of hydrogen-bond acceptors (Lipinski definition) is 4. The molecule has 4 rings (SSSR count). The van der Waals surface area contributed by atoms with Crippen LogP contribution in [0.4, 0.5) is 5.69 Å². The van der Waals surface area contributed by atoms with E-state index in [9.17, 15) is 4.79 Å². The Balaban J connectivity index is 1.30. The van der Waals surface area contributed by atoms with E-state index in [0.717, 1.165) is 12.2 Å². The van der Waals surface area contributed by atoms with Crippen molar-refractivity contribution in [2.75, 3.05) is 18.4 Å². The highest BCUT2D eigenvalue weighted by atomic mass is 35.5. The van der Waals surface area contributed by atoms with Gasteiger partial charge < -0.3 is 10.1 Å². The number of carbonyl (C=O) groups excluding carboxylic acids is 1. The molecular formula is C23H25ClN4O2. The van der Waals surface area contributed by atoms with E-state index in [1.807, 2.05) is 24.3 Å². The average molecular weight is 425 g/mol. The lowest BCUT2D eigenvalue weighted by molar-refractivity contribution is 0.102. The Morgan fingerprint density at radius 3 is 2.57 bits per heavy atom. The van der Waals surface area contributed by atoms with Crippen molar-refractivity contribution in [2.45, 2.75) is 32.5 Å². The molecule has 3 aromatic rings. The number of anilines is 1. The number of ether oxygens (including phenoxy) is 1. The summed E-state index contributed by atoms with van der Waals surface area (Å²) in [4.78, 5) is 15.0. The third kappa shape index (κ3) is 5.40. The zero-order chi connectivity index (χ0) is 20.8. The molecule has 156 valence electrons. The molecule has 1 fully saturated rings. The number of rotatable bonds is 7. The minimum atomic E-state index is -0.254. The van der Waals surface area contributed by atoms with Gasteiger partial charge in [-0.05, 0) is 61.8 Å². The summed E-state index contributed by atoms with van der Waals surface area (Å²) in [5, 5.41) is 7.70. The molecule has 6 nitrogen and oxygen atoms in total. The van der Waals surface area contributed by atoms with Gasteiger partial charge in [0.1, 0.15) is 5.75 Å². The number of carbonyl (C=O) groups is 1. The standard InChI is InChI=1S/C23H25ClN4O2/c24-20-6-2-3-7-22(20)30-17-28-15-12-21(26-28)23(29)25-19-10-8-18(9-11-19)16-27-13-4-1-5-14-27/h2-3,6-12,15H,1,4-5,13-14,16-17H2,(H,25,29). The first kappa shape index (κ1) is 20.4. The van der Waals surface area contributed by atoms with Crippen molar-refractivity contribution in [3.63, 3.8) is 0 Å². The minimum Gasteiger partial charge on any atom is -0.470 e. The van der Waals surface area contributed by atoms with E-state index < -0.39 is 0 Å². The third-order valence-corrected chi connectivity index (χ3v) is 5.44. The van der Waals surface area contributed by atoms with E-state index >= 15 is 0 Å². The van der Waals surface area contributed by atoms with Crippen molar-refractivity contribution in [3.8, 4) is 5.75 Å². The molecule has 2 aromatic carbocycles. The van der Waals surface area contributed by atoms with Gasteiger partial charge in [0, 0.05) is 18.4 Å². The highest BCUT2D eigenvalue weighted by molar-refractivity contribution is 6.32. The number of piperidine rings is 1. The molecule has 0 aliphatic carbocycles. The zero-order valence-corrected chi connectivity index (χ0v) is 17.5. The number of likely N-dealkylation sites (tertiary alicyclic amines) is 1. The predicted octanol–water partition coefficient (Wildman–Crippen LogP) is 4.81. The third-order valence-electron chi connectivity index (χ3n) is 5.13. The molecule has 0 bridgehead atoms. The van der Waals surface area contributed by atoms with Crippen LogP contribution in [0.1, 0.15) is 35.3 Å². The van der Waals surface area contributed by atoms with Crippen molar-refractivity contribution >= 4 is 23.2 Å². The van der Waals surface area contributed by atoms with Crippen LogP contribution in [-0.2, 0) is 13.3 Å². The van der Waals surface area contributed by atoms with Crippen molar-refractivity contribution in [1.29, 1.82) is 0 Å². The van der Waals surface area contributed by atoms with Crippen LogP contribution in [0.2, 0.25) is 5.02 Å². The molecule has 7 heteroatoms. The molecule has 0 unspecified atom stereocenters. The second kappa shape index (κ2) is 9.78. The van der Waals surface area contributed by atoms with Gasteiger partial charge in [0.2, 0.25) is 0 Å². The van der Waals surface area contributed by atoms with E-state index in [1.54, 1.807) is 29.1 Å². The van der Waals surface area contributed by atoms with Gasteiger partial charge in [0.05, 0.1) is 5.02 Å². The van der Waals surface area contributed by atoms with E-state index in [2.05, 4.69) is 27.4 Å². The summed E-state index contributed by atoms with van der Waals surface area (Å²) in [5.41, 5.74) is 2.34. The normalized spacial score (nSPS) is 14.4. The Labute approximate surface area is 181 Å². The molecule has 1 aromatic heterocycles. The first-order valence-corrected chi connectivity index (χ1v) is 10.6. The van der Waals surface area contributed by atoms with Gasteiger partial charge in [-0.15, -0.1) is 0 Å². The average Bonchev–Trinajstić information content (AvgIpc) is 3.25. The van der Waals surface area contributed by atoms with Crippen LogP contribution in [-0.4, -0.2) is 33.7 Å². The topological polar surface area (TPSA) is 59.4 Å². The number of nitrogens with zero attached hydrogens (tertiary/aromatic N) is 3. The lowest BCUT2D eigenvalue weighted by Crippen LogP contribution is -2.29. The molecule has 1 aliphatic rings. The van der Waals surface area contributed by atoms with Crippen molar-refractivity contribution in [2.24, 2.45) is 0 Å². The van der Waals surface area contributed by atoms with Gasteiger partial charge in [-0.25, -0.2) is 4.68 Å². The maximum absolute atomic E-state index is 12.5. The van der Waals surface area contributed by atoms with Crippen LogP contribution in [0.15, 0.2) is 60.8 Å². The predicted molar refractivity (Wildman–Crippen MR) is 118 cm³/mol. The summed E-state index contributed by atoms with van der Waals surface area (Å²) < 4.78 is 7.20. The quantitative estimate of drug-likeness (QED) is 0.591. The molecule has 0 spiro atoms. The highest BCUT2D eigenvalue weighted by Crippen LogP contribution is 2.23. The fourth-order valence-corrected chi connectivity index (χ4v) is 3.71. The fraction of sp³-hybridized carbons (Fsp3) is 0.304. The van der Waals surface area contributed by atoms with Crippen LogP contribution < -0.4 is 10.1 Å². The number of benzene rings is 2. The monoisotopic (exact) mass is 424 g/mol. The summed E-state index contributed by atoms with van der Waals surface area (Å²) in [6, 6.07) is 16.9. The van der Waals surface area contributed by atoms with Crippen molar-refractivity contribution in [1.82, 2.24) is 14.7 Å². The molecule has 1 amide bonds. The minimum absolute atomic E-state index is 0.169. The van der Waals surface area contributed by atoms with Gasteiger partial charge in [0.25, 0.3) is 5.91 Å². The second-order valence-corrected chi connectivity index (χ2v) is 7.84. The lowest BCUT2D eigenvalue weighted by Gasteiger charge is -2.26. The van der Waals surface area contributed by atoms with Gasteiger partial charge in [-0.3, -0.25) is 9.69 Å². The molecule has 0 saturated carbocycles. The number of amides is 1. The summed E-state index contributed by atoms with van der Waals surface area (Å²) in [6.45, 7) is 3.47. The summed E-state index contributed by atoms with van der Waals surface area (Å²) in [5.74, 6) is 0.320. The van der Waals surface area contributed by atoms with Gasteiger partial charge in [0.15, 0.2) is 12.4 Å². The molecule has 0 radical (unpaired) electrons. The summed E-state index contributed by atoms with van der Waals surface area (Å²) in [6.07, 6.45) is 5.60. The van der Waals surface area contributed by atoms with Gasteiger partial charge >= 0.3 is 0 Å². The Hall–Kier alpha value is -2.83. The first-order valence-electron chi connectivity index (χ1n) is 10.2. The van der Waals surface area contributed by atoms with E-state index in [1.165, 1.54) is 37.9 Å². The Morgan fingerprint density at radius 1 is 1.03 bits per heavy atom. The van der Waals surface area contributed by atoms with Crippen LogP contribution in [0.5, 0.6) is 5.75 Å². The van der Waals surface area contributed by atoms with E-state index in [0.29, 0.717) is 16.5 Å². The Kier molecular flexibility index (Phi) is 6.67. The second-order valence-electron chi connectivity index (χ2n) is 7.43. The van der Waals surface area contributed by atoms with E-state index in [4.69, 9.17) is 16.3 Å².